The topological polar surface area (TPSA) is 43.4 Å². The van der Waals surface area contributed by atoms with Gasteiger partial charge in [-0.25, -0.2) is 0 Å². The predicted molar refractivity (Wildman–Crippen MR) is 65.7 cm³/mol. The lowest BCUT2D eigenvalue weighted by molar-refractivity contribution is -0.146. The number of rotatable bonds is 5. The summed E-state index contributed by atoms with van der Waals surface area (Å²) in [6.07, 6.45) is 0.203. The van der Waals surface area contributed by atoms with Crippen molar-refractivity contribution in [3.63, 3.8) is 0 Å². The molecule has 0 aromatic heterocycles. The Morgan fingerprint density at radius 3 is 2.24 bits per heavy atom. The molecular formula is C14H18O3. The normalized spacial score (nSPS) is 12.2. The summed E-state index contributed by atoms with van der Waals surface area (Å²) in [4.78, 5) is 23.5. The molecule has 3 heteroatoms. The molecule has 17 heavy (non-hydrogen) atoms. The van der Waals surface area contributed by atoms with E-state index in [1.165, 1.54) is 7.11 Å². The van der Waals surface area contributed by atoms with Crippen molar-refractivity contribution in [2.75, 3.05) is 7.11 Å². The number of hydrogen-bond donors (Lipinski definition) is 0. The first-order chi connectivity index (χ1) is 8.06. The molecule has 0 aliphatic carbocycles. The first-order valence-electron chi connectivity index (χ1n) is 5.72. The lowest BCUT2D eigenvalue weighted by Crippen LogP contribution is -2.24. The summed E-state index contributed by atoms with van der Waals surface area (Å²) in [6.45, 7) is 3.83. The summed E-state index contributed by atoms with van der Waals surface area (Å²) in [5.41, 5.74) is 0.641. The van der Waals surface area contributed by atoms with Crippen LogP contribution < -0.4 is 0 Å². The molecule has 1 aromatic carbocycles. The van der Waals surface area contributed by atoms with E-state index >= 15 is 0 Å². The van der Waals surface area contributed by atoms with Crippen molar-refractivity contribution < 1.29 is 14.3 Å². The third-order valence-corrected chi connectivity index (χ3v) is 2.81. The molecule has 0 saturated heterocycles. The van der Waals surface area contributed by atoms with Gasteiger partial charge in [0.25, 0.3) is 0 Å². The third-order valence-electron chi connectivity index (χ3n) is 2.81. The Morgan fingerprint density at radius 1 is 1.18 bits per heavy atom. The fourth-order valence-corrected chi connectivity index (χ4v) is 1.68. The maximum Gasteiger partial charge on any atom is 0.309 e. The summed E-state index contributed by atoms with van der Waals surface area (Å²) in [7, 11) is 1.35. The lowest BCUT2D eigenvalue weighted by atomic mass is 9.89. The van der Waals surface area contributed by atoms with E-state index in [9.17, 15) is 9.59 Å². The van der Waals surface area contributed by atoms with Crippen LogP contribution in [0.4, 0.5) is 0 Å². The van der Waals surface area contributed by atoms with Crippen LogP contribution in [0.5, 0.6) is 0 Å². The first kappa shape index (κ1) is 13.4. The van der Waals surface area contributed by atoms with Crippen LogP contribution in [0.15, 0.2) is 30.3 Å². The van der Waals surface area contributed by atoms with Crippen LogP contribution in [0, 0.1) is 11.8 Å². The zero-order valence-electron chi connectivity index (χ0n) is 10.5. The minimum Gasteiger partial charge on any atom is -0.469 e. The van der Waals surface area contributed by atoms with Crippen LogP contribution in [-0.2, 0) is 9.53 Å². The lowest BCUT2D eigenvalue weighted by Gasteiger charge is -2.17. The Hall–Kier alpha value is -1.64. The summed E-state index contributed by atoms with van der Waals surface area (Å²) in [6, 6.07) is 9.01. The Labute approximate surface area is 102 Å². The van der Waals surface area contributed by atoms with Crippen LogP contribution in [0.3, 0.4) is 0 Å². The van der Waals surface area contributed by atoms with Crippen LogP contribution >= 0.6 is 0 Å². The highest BCUT2D eigenvalue weighted by atomic mass is 16.5. The maximum atomic E-state index is 12.0. The Morgan fingerprint density at radius 2 is 1.76 bits per heavy atom. The summed E-state index contributed by atoms with van der Waals surface area (Å²) in [5, 5.41) is 0. The van der Waals surface area contributed by atoms with Gasteiger partial charge in [-0.1, -0.05) is 44.2 Å². The van der Waals surface area contributed by atoms with Gasteiger partial charge in [0.1, 0.15) is 0 Å². The SMILES string of the molecule is COC(=O)[C@H](CC(=O)c1ccccc1)C(C)C. The molecule has 0 radical (unpaired) electrons. The van der Waals surface area contributed by atoms with Crippen LogP contribution in [0.1, 0.15) is 30.6 Å². The van der Waals surface area contributed by atoms with Crippen LogP contribution in [-0.4, -0.2) is 18.9 Å². The number of esters is 1. The van der Waals surface area contributed by atoms with Crippen molar-refractivity contribution in [3.8, 4) is 0 Å². The molecule has 0 heterocycles. The Balaban J connectivity index is 2.75. The van der Waals surface area contributed by atoms with Gasteiger partial charge < -0.3 is 4.74 Å². The molecule has 0 aliphatic heterocycles. The summed E-state index contributed by atoms with van der Waals surface area (Å²) in [5.74, 6) is -0.609. The zero-order valence-corrected chi connectivity index (χ0v) is 10.5. The second-order valence-electron chi connectivity index (χ2n) is 4.37. The Kier molecular flexibility index (Phi) is 4.88. The minimum absolute atomic E-state index is 0.0188. The van der Waals surface area contributed by atoms with Gasteiger partial charge in [-0.05, 0) is 5.92 Å². The van der Waals surface area contributed by atoms with Crippen LogP contribution in [0.2, 0.25) is 0 Å². The van der Waals surface area contributed by atoms with E-state index in [0.29, 0.717) is 5.56 Å². The molecule has 0 amide bonds. The average Bonchev–Trinajstić information content (AvgIpc) is 2.35. The smallest absolute Gasteiger partial charge is 0.309 e. The van der Waals surface area contributed by atoms with Gasteiger partial charge in [-0.15, -0.1) is 0 Å². The number of benzene rings is 1. The predicted octanol–water partition coefficient (Wildman–Crippen LogP) is 2.70. The summed E-state index contributed by atoms with van der Waals surface area (Å²) >= 11 is 0. The largest absolute Gasteiger partial charge is 0.469 e. The molecule has 0 aliphatic rings. The third kappa shape index (κ3) is 3.70. The highest BCUT2D eigenvalue weighted by Crippen LogP contribution is 2.19. The number of ether oxygens (including phenoxy) is 1. The van der Waals surface area contributed by atoms with Crippen molar-refractivity contribution in [2.45, 2.75) is 20.3 Å². The molecule has 1 atom stereocenters. The number of Topliss-reactive ketones (excluding diaryl/α,β-unsaturated/α-hetero) is 1. The highest BCUT2D eigenvalue weighted by molar-refractivity contribution is 5.98. The monoisotopic (exact) mass is 234 g/mol. The maximum absolute atomic E-state index is 12.0. The molecule has 0 fully saturated rings. The van der Waals surface area contributed by atoms with Gasteiger partial charge >= 0.3 is 5.97 Å². The summed E-state index contributed by atoms with van der Waals surface area (Å²) < 4.78 is 4.72. The molecule has 0 bridgehead atoms. The zero-order chi connectivity index (χ0) is 12.8. The quantitative estimate of drug-likeness (QED) is 0.581. The molecular weight excluding hydrogens is 216 g/mol. The van der Waals surface area contributed by atoms with Gasteiger partial charge in [0, 0.05) is 12.0 Å². The van der Waals surface area contributed by atoms with Crippen molar-refractivity contribution in [3.05, 3.63) is 35.9 Å². The number of ketones is 1. The molecule has 0 saturated carbocycles. The van der Waals surface area contributed by atoms with Gasteiger partial charge in [0.15, 0.2) is 5.78 Å². The van der Waals surface area contributed by atoms with Crippen molar-refractivity contribution in [1.82, 2.24) is 0 Å². The van der Waals surface area contributed by atoms with E-state index in [1.807, 2.05) is 32.0 Å². The highest BCUT2D eigenvalue weighted by Gasteiger charge is 2.26. The fraction of sp³-hybridized carbons (Fsp3) is 0.429. The van der Waals surface area contributed by atoms with Crippen molar-refractivity contribution in [1.29, 1.82) is 0 Å². The molecule has 1 aromatic rings. The average molecular weight is 234 g/mol. The second-order valence-corrected chi connectivity index (χ2v) is 4.37. The van der Waals surface area contributed by atoms with Gasteiger partial charge in [0.2, 0.25) is 0 Å². The molecule has 92 valence electrons. The fourth-order valence-electron chi connectivity index (χ4n) is 1.68. The van der Waals surface area contributed by atoms with Crippen molar-refractivity contribution in [2.24, 2.45) is 11.8 Å². The minimum atomic E-state index is -0.368. The standard InChI is InChI=1S/C14H18O3/c1-10(2)12(14(16)17-3)9-13(15)11-7-5-4-6-8-11/h4-8,10,12H,9H2,1-3H3/t12-/m1/s1. The number of carbonyl (C=O) groups excluding carboxylic acids is 2. The molecule has 0 N–H and O–H groups in total. The van der Waals surface area contributed by atoms with E-state index in [4.69, 9.17) is 4.74 Å². The van der Waals surface area contributed by atoms with Gasteiger partial charge in [0.05, 0.1) is 13.0 Å². The molecule has 0 unspecified atom stereocenters. The van der Waals surface area contributed by atoms with E-state index in [0.717, 1.165) is 0 Å². The van der Waals surface area contributed by atoms with Crippen LogP contribution in [0.25, 0.3) is 0 Å². The molecule has 0 spiro atoms. The molecule has 3 nitrogen and oxygen atoms in total. The van der Waals surface area contributed by atoms with Gasteiger partial charge in [-0.3, -0.25) is 9.59 Å². The Bertz CT molecular complexity index is 382. The van der Waals surface area contributed by atoms with Gasteiger partial charge in [-0.2, -0.15) is 0 Å². The number of hydrogen-bond acceptors (Lipinski definition) is 3. The molecule has 1 rings (SSSR count). The number of methoxy groups -OCH3 is 1. The van der Waals surface area contributed by atoms with Crippen molar-refractivity contribution >= 4 is 11.8 Å². The van der Waals surface area contributed by atoms with E-state index < -0.39 is 0 Å². The van der Waals surface area contributed by atoms with E-state index in [2.05, 4.69) is 0 Å². The first-order valence-corrected chi connectivity index (χ1v) is 5.72. The second kappa shape index (κ2) is 6.18. The number of carbonyl (C=O) groups is 2. The van der Waals surface area contributed by atoms with E-state index in [-0.39, 0.29) is 30.0 Å². The van der Waals surface area contributed by atoms with E-state index in [1.54, 1.807) is 12.1 Å².